The first-order chi connectivity index (χ1) is 9.37. The first-order valence-corrected chi connectivity index (χ1v) is 7.68. The van der Waals surface area contributed by atoms with Gasteiger partial charge < -0.3 is 5.11 Å². The van der Waals surface area contributed by atoms with Crippen molar-refractivity contribution in [2.24, 2.45) is 5.92 Å². The van der Waals surface area contributed by atoms with Gasteiger partial charge in [0.05, 0.1) is 6.10 Å². The van der Waals surface area contributed by atoms with Crippen LogP contribution in [0.15, 0.2) is 23.1 Å². The van der Waals surface area contributed by atoms with E-state index in [1.807, 2.05) is 6.92 Å². The molecule has 5 nitrogen and oxygen atoms in total. The summed E-state index contributed by atoms with van der Waals surface area (Å²) < 4.78 is 39.6. The van der Waals surface area contributed by atoms with Gasteiger partial charge in [0.2, 0.25) is 10.0 Å². The lowest BCUT2D eigenvalue weighted by Gasteiger charge is -2.33. The molecule has 0 bridgehead atoms. The van der Waals surface area contributed by atoms with E-state index in [1.165, 1.54) is 12.1 Å². The highest BCUT2D eigenvalue weighted by molar-refractivity contribution is 7.89. The van der Waals surface area contributed by atoms with E-state index in [9.17, 15) is 17.9 Å². The van der Waals surface area contributed by atoms with Crippen LogP contribution < -0.4 is 0 Å². The molecule has 20 heavy (non-hydrogen) atoms. The molecule has 0 amide bonds. The largest absolute Gasteiger partial charge is 0.391 e. The lowest BCUT2D eigenvalue weighted by molar-refractivity contribution is 0.0605. The Bertz CT molecular complexity index is 654. The standard InChI is InChI=1S/C13H15FN2O3S/c1-9-5-6-16(8-12(9)17)20(18,19)13-4-2-3-11(14)10(13)7-15/h2-4,9,12,17H,5-6,8H2,1H3. The van der Waals surface area contributed by atoms with Crippen molar-refractivity contribution in [3.05, 3.63) is 29.6 Å². The van der Waals surface area contributed by atoms with Gasteiger partial charge in [-0.1, -0.05) is 13.0 Å². The predicted molar refractivity (Wildman–Crippen MR) is 69.7 cm³/mol. The van der Waals surface area contributed by atoms with Gasteiger partial charge >= 0.3 is 0 Å². The summed E-state index contributed by atoms with van der Waals surface area (Å²) >= 11 is 0. The zero-order valence-corrected chi connectivity index (χ0v) is 11.8. The van der Waals surface area contributed by atoms with Gasteiger partial charge in [0.15, 0.2) is 0 Å². The van der Waals surface area contributed by atoms with Gasteiger partial charge in [0.25, 0.3) is 0 Å². The van der Waals surface area contributed by atoms with Crippen LogP contribution in [0.1, 0.15) is 18.9 Å². The zero-order valence-electron chi connectivity index (χ0n) is 11.0. The van der Waals surface area contributed by atoms with Crippen LogP contribution in [0.2, 0.25) is 0 Å². The van der Waals surface area contributed by atoms with E-state index < -0.39 is 27.5 Å². The molecule has 1 N–H and O–H groups in total. The van der Waals surface area contributed by atoms with Gasteiger partial charge in [0, 0.05) is 13.1 Å². The fraction of sp³-hybridized carbons (Fsp3) is 0.462. The number of aliphatic hydroxyl groups excluding tert-OH is 1. The van der Waals surface area contributed by atoms with Crippen molar-refractivity contribution in [2.75, 3.05) is 13.1 Å². The first-order valence-electron chi connectivity index (χ1n) is 6.24. The molecule has 0 saturated carbocycles. The summed E-state index contributed by atoms with van der Waals surface area (Å²) in [5, 5.41) is 18.7. The smallest absolute Gasteiger partial charge is 0.244 e. The second-order valence-electron chi connectivity index (χ2n) is 4.92. The number of benzene rings is 1. The molecule has 1 aliphatic rings. The monoisotopic (exact) mass is 298 g/mol. The maximum absolute atomic E-state index is 13.5. The zero-order chi connectivity index (χ0) is 14.9. The minimum Gasteiger partial charge on any atom is -0.391 e. The summed E-state index contributed by atoms with van der Waals surface area (Å²) in [6.45, 7) is 2.06. The summed E-state index contributed by atoms with van der Waals surface area (Å²) in [6.07, 6.45) is -0.227. The predicted octanol–water partition coefficient (Wildman–Crippen LogP) is 1.09. The van der Waals surface area contributed by atoms with E-state index >= 15 is 0 Å². The van der Waals surface area contributed by atoms with Crippen LogP contribution in [0.4, 0.5) is 4.39 Å². The average molecular weight is 298 g/mol. The molecule has 0 aromatic heterocycles. The fourth-order valence-corrected chi connectivity index (χ4v) is 3.83. The van der Waals surface area contributed by atoms with E-state index in [4.69, 9.17) is 5.26 Å². The third kappa shape index (κ3) is 2.54. The van der Waals surface area contributed by atoms with Gasteiger partial charge in [-0.05, 0) is 24.5 Å². The Balaban J connectivity index is 2.42. The summed E-state index contributed by atoms with van der Waals surface area (Å²) in [5.41, 5.74) is -0.486. The van der Waals surface area contributed by atoms with Crippen molar-refractivity contribution in [3.8, 4) is 6.07 Å². The van der Waals surface area contributed by atoms with Crippen molar-refractivity contribution in [3.63, 3.8) is 0 Å². The number of sulfonamides is 1. The Morgan fingerprint density at radius 3 is 2.80 bits per heavy atom. The van der Waals surface area contributed by atoms with Gasteiger partial charge in [-0.3, -0.25) is 0 Å². The molecule has 1 saturated heterocycles. The molecule has 1 aliphatic heterocycles. The number of nitrogens with zero attached hydrogens (tertiary/aromatic N) is 2. The topological polar surface area (TPSA) is 81.4 Å². The summed E-state index contributed by atoms with van der Waals surface area (Å²) in [4.78, 5) is -0.346. The van der Waals surface area contributed by atoms with Crippen LogP contribution in [0.5, 0.6) is 0 Å². The Morgan fingerprint density at radius 1 is 1.50 bits per heavy atom. The molecule has 1 heterocycles. The molecule has 2 unspecified atom stereocenters. The van der Waals surface area contributed by atoms with Crippen LogP contribution >= 0.6 is 0 Å². The Morgan fingerprint density at radius 2 is 2.20 bits per heavy atom. The van der Waals surface area contributed by atoms with Crippen LogP contribution in [-0.2, 0) is 10.0 Å². The van der Waals surface area contributed by atoms with Gasteiger partial charge in [-0.25, -0.2) is 12.8 Å². The third-order valence-electron chi connectivity index (χ3n) is 3.59. The third-order valence-corrected chi connectivity index (χ3v) is 5.49. The lowest BCUT2D eigenvalue weighted by Crippen LogP contribution is -2.45. The molecule has 0 radical (unpaired) electrons. The fourth-order valence-electron chi connectivity index (χ4n) is 2.21. The number of halogens is 1. The molecule has 7 heteroatoms. The van der Waals surface area contributed by atoms with Crippen molar-refractivity contribution in [1.82, 2.24) is 4.31 Å². The van der Waals surface area contributed by atoms with Crippen molar-refractivity contribution >= 4 is 10.0 Å². The van der Waals surface area contributed by atoms with Crippen LogP contribution in [0.3, 0.4) is 0 Å². The van der Waals surface area contributed by atoms with Gasteiger partial charge in [-0.2, -0.15) is 9.57 Å². The van der Waals surface area contributed by atoms with E-state index in [-0.39, 0.29) is 23.9 Å². The molecule has 0 aliphatic carbocycles. The second-order valence-corrected chi connectivity index (χ2v) is 6.83. The number of hydrogen-bond acceptors (Lipinski definition) is 4. The Labute approximate surface area is 117 Å². The summed E-state index contributed by atoms with van der Waals surface area (Å²) in [5.74, 6) is -0.844. The number of rotatable bonds is 2. The number of hydrogen-bond donors (Lipinski definition) is 1. The highest BCUT2D eigenvalue weighted by atomic mass is 32.2. The summed E-state index contributed by atoms with van der Waals surface area (Å²) in [7, 11) is -3.97. The molecule has 1 aromatic rings. The van der Waals surface area contributed by atoms with E-state index in [2.05, 4.69) is 0 Å². The molecular formula is C13H15FN2O3S. The van der Waals surface area contributed by atoms with E-state index in [0.29, 0.717) is 6.42 Å². The number of β-amino-alcohol motifs (C(OH)–C–C–N with tert-alkyl or cyclic N) is 1. The SMILES string of the molecule is CC1CCN(S(=O)(=O)c2cccc(F)c2C#N)CC1O. The van der Waals surface area contributed by atoms with Gasteiger partial charge in [-0.15, -0.1) is 0 Å². The maximum Gasteiger partial charge on any atom is 0.244 e. The minimum absolute atomic E-state index is 0.0180. The Hall–Kier alpha value is -1.49. The maximum atomic E-state index is 13.5. The quantitative estimate of drug-likeness (QED) is 0.886. The Kier molecular flexibility index (Phi) is 4.09. The first kappa shape index (κ1) is 14.9. The van der Waals surface area contributed by atoms with Crippen molar-refractivity contribution in [2.45, 2.75) is 24.3 Å². The lowest BCUT2D eigenvalue weighted by atomic mass is 9.98. The van der Waals surface area contributed by atoms with Crippen molar-refractivity contribution in [1.29, 1.82) is 5.26 Å². The van der Waals surface area contributed by atoms with Crippen LogP contribution in [-0.4, -0.2) is 37.0 Å². The van der Waals surface area contributed by atoms with E-state index in [0.717, 1.165) is 10.4 Å². The number of piperidine rings is 1. The second kappa shape index (κ2) is 5.48. The molecular weight excluding hydrogens is 283 g/mol. The van der Waals surface area contributed by atoms with E-state index in [1.54, 1.807) is 6.07 Å². The van der Waals surface area contributed by atoms with Gasteiger partial charge in [0.1, 0.15) is 22.3 Å². The highest BCUT2D eigenvalue weighted by Crippen LogP contribution is 2.26. The number of nitriles is 1. The molecule has 0 spiro atoms. The molecule has 108 valence electrons. The molecule has 2 atom stereocenters. The summed E-state index contributed by atoms with van der Waals surface area (Å²) in [6, 6.07) is 5.10. The van der Waals surface area contributed by atoms with Crippen molar-refractivity contribution < 1.29 is 17.9 Å². The molecule has 2 rings (SSSR count). The molecule has 1 aromatic carbocycles. The number of aliphatic hydroxyl groups is 1. The normalized spacial score (nSPS) is 24.3. The van der Waals surface area contributed by atoms with Crippen LogP contribution in [0.25, 0.3) is 0 Å². The molecule has 1 fully saturated rings. The van der Waals surface area contributed by atoms with Crippen LogP contribution in [0, 0.1) is 23.1 Å². The highest BCUT2D eigenvalue weighted by Gasteiger charge is 2.34. The minimum atomic E-state index is -3.97. The average Bonchev–Trinajstić information content (AvgIpc) is 2.41.